The molecule has 0 aliphatic rings. The summed E-state index contributed by atoms with van der Waals surface area (Å²) >= 11 is 6.68. The molecule has 0 saturated carbocycles. The Labute approximate surface area is 141 Å². The Hall–Kier alpha value is -2.25. The number of para-hydroxylation sites is 1. The van der Waals surface area contributed by atoms with E-state index in [1.165, 1.54) is 19.2 Å². The molecule has 0 saturated heterocycles. The third kappa shape index (κ3) is 3.75. The van der Waals surface area contributed by atoms with Crippen molar-refractivity contribution in [2.45, 2.75) is 15.7 Å². The van der Waals surface area contributed by atoms with Gasteiger partial charge in [-0.3, -0.25) is 10.1 Å². The van der Waals surface area contributed by atoms with Gasteiger partial charge in [-0.25, -0.2) is 4.79 Å². The summed E-state index contributed by atoms with van der Waals surface area (Å²) in [7, 11) is 1.21. The summed E-state index contributed by atoms with van der Waals surface area (Å²) in [5.74, 6) is -0.800. The monoisotopic (exact) mass is 353 g/mol. The number of nitro benzene ring substituents is 1. The van der Waals surface area contributed by atoms with Crippen molar-refractivity contribution in [3.63, 3.8) is 0 Å². The molecule has 6 nitrogen and oxygen atoms in total. The number of aromatic hydroxyl groups is 1. The number of ether oxygens (including phenoxy) is 1. The van der Waals surface area contributed by atoms with Gasteiger partial charge < -0.3 is 9.84 Å². The number of carbonyl (C=O) groups is 1. The maximum Gasteiger partial charge on any atom is 0.341 e. The number of nitro groups is 1. The Morgan fingerprint density at radius 2 is 2.09 bits per heavy atom. The van der Waals surface area contributed by atoms with Crippen molar-refractivity contribution >= 4 is 35.0 Å². The zero-order valence-corrected chi connectivity index (χ0v) is 13.6. The van der Waals surface area contributed by atoms with Crippen LogP contribution in [0.3, 0.4) is 0 Å². The van der Waals surface area contributed by atoms with Gasteiger partial charge in [0, 0.05) is 11.9 Å². The number of benzene rings is 2. The number of carbonyl (C=O) groups excluding carboxylic acids is 1. The summed E-state index contributed by atoms with van der Waals surface area (Å²) in [5, 5.41) is 21.4. The second-order valence-corrected chi connectivity index (χ2v) is 5.79. The van der Waals surface area contributed by atoms with E-state index in [0.29, 0.717) is 15.4 Å². The van der Waals surface area contributed by atoms with Gasteiger partial charge in [0.2, 0.25) is 0 Å². The van der Waals surface area contributed by atoms with E-state index in [1.807, 2.05) is 0 Å². The number of phenols is 1. The van der Waals surface area contributed by atoms with Gasteiger partial charge in [0.1, 0.15) is 11.3 Å². The van der Waals surface area contributed by atoms with Crippen molar-refractivity contribution in [2.75, 3.05) is 7.11 Å². The van der Waals surface area contributed by atoms with E-state index in [4.69, 9.17) is 11.6 Å². The maximum absolute atomic E-state index is 11.6. The molecular formula is C15H12ClNO5S. The number of hydrogen-bond donors (Lipinski definition) is 1. The van der Waals surface area contributed by atoms with E-state index in [0.717, 1.165) is 11.8 Å². The minimum Gasteiger partial charge on any atom is -0.506 e. The summed E-state index contributed by atoms with van der Waals surface area (Å²) in [5.41, 5.74) is 0.504. The fourth-order valence-corrected chi connectivity index (χ4v) is 3.00. The van der Waals surface area contributed by atoms with Gasteiger partial charge in [-0.2, -0.15) is 0 Å². The van der Waals surface area contributed by atoms with Gasteiger partial charge in [-0.1, -0.05) is 23.9 Å². The molecule has 8 heteroatoms. The Kier molecular flexibility index (Phi) is 5.46. The normalized spacial score (nSPS) is 10.3. The molecule has 0 fully saturated rings. The van der Waals surface area contributed by atoms with Crippen LogP contribution in [0.1, 0.15) is 15.9 Å². The number of rotatable bonds is 5. The lowest BCUT2D eigenvalue weighted by molar-refractivity contribution is -0.387. The lowest BCUT2D eigenvalue weighted by Crippen LogP contribution is -2.01. The van der Waals surface area contributed by atoms with Gasteiger partial charge in [0.25, 0.3) is 5.69 Å². The van der Waals surface area contributed by atoms with E-state index in [9.17, 15) is 20.0 Å². The van der Waals surface area contributed by atoms with Crippen molar-refractivity contribution in [1.29, 1.82) is 0 Å². The predicted octanol–water partition coefficient (Wildman–Crippen LogP) is 3.98. The zero-order valence-electron chi connectivity index (χ0n) is 12.0. The van der Waals surface area contributed by atoms with Crippen molar-refractivity contribution in [2.24, 2.45) is 0 Å². The highest BCUT2D eigenvalue weighted by atomic mass is 35.5. The highest BCUT2D eigenvalue weighted by Gasteiger charge is 2.20. The lowest BCUT2D eigenvalue weighted by atomic mass is 10.2. The van der Waals surface area contributed by atoms with Gasteiger partial charge in [0.05, 0.1) is 21.8 Å². The molecule has 120 valence electrons. The minimum absolute atomic E-state index is 0.00229. The smallest absolute Gasteiger partial charge is 0.341 e. The van der Waals surface area contributed by atoms with Crippen molar-refractivity contribution < 1.29 is 19.6 Å². The number of hydrogen-bond acceptors (Lipinski definition) is 6. The first-order valence-corrected chi connectivity index (χ1v) is 7.74. The molecule has 0 bridgehead atoms. The first-order chi connectivity index (χ1) is 11.0. The largest absolute Gasteiger partial charge is 0.506 e. The quantitative estimate of drug-likeness (QED) is 0.378. The van der Waals surface area contributed by atoms with Crippen LogP contribution < -0.4 is 0 Å². The molecule has 0 amide bonds. The molecule has 2 aromatic carbocycles. The fraction of sp³-hybridized carbons (Fsp3) is 0.133. The number of alkyl halides is 1. The zero-order chi connectivity index (χ0) is 17.0. The Morgan fingerprint density at radius 1 is 1.35 bits per heavy atom. The molecule has 0 radical (unpaired) electrons. The summed E-state index contributed by atoms with van der Waals surface area (Å²) in [6, 6.07) is 9.15. The number of phenolic OH excluding ortho intramolecular Hbond substituents is 1. The molecule has 0 unspecified atom stereocenters. The first-order valence-electron chi connectivity index (χ1n) is 6.39. The maximum atomic E-state index is 11.6. The summed E-state index contributed by atoms with van der Waals surface area (Å²) in [4.78, 5) is 22.9. The van der Waals surface area contributed by atoms with Crippen LogP contribution in [0, 0.1) is 10.1 Å². The molecule has 0 aliphatic carbocycles. The Balaban J connectivity index is 2.44. The van der Waals surface area contributed by atoms with E-state index in [-0.39, 0.29) is 22.9 Å². The molecule has 0 aliphatic heterocycles. The third-order valence-electron chi connectivity index (χ3n) is 3.00. The molecule has 1 N–H and O–H groups in total. The topological polar surface area (TPSA) is 89.7 Å². The van der Waals surface area contributed by atoms with Crippen LogP contribution in [0.5, 0.6) is 5.75 Å². The number of nitrogens with zero attached hydrogens (tertiary/aromatic N) is 1. The molecule has 0 heterocycles. The minimum atomic E-state index is -0.683. The third-order valence-corrected chi connectivity index (χ3v) is 4.42. The standard InChI is InChI=1S/C15H12ClNO5S/c1-22-15(19)10-3-2-4-13(14(10)18)23-12-6-5-9(8-16)7-11(12)17(20)21/h2-7,18H,8H2,1H3. The molecule has 0 aromatic heterocycles. The van der Waals surface area contributed by atoms with Gasteiger partial charge in [-0.05, 0) is 23.8 Å². The van der Waals surface area contributed by atoms with Crippen molar-refractivity contribution in [3.8, 4) is 5.75 Å². The van der Waals surface area contributed by atoms with Gasteiger partial charge in [-0.15, -0.1) is 11.6 Å². The summed E-state index contributed by atoms with van der Waals surface area (Å²) in [6.45, 7) is 0. The molecule has 2 rings (SSSR count). The average Bonchev–Trinajstić information content (AvgIpc) is 2.56. The summed E-state index contributed by atoms with van der Waals surface area (Å²) in [6.07, 6.45) is 0. The van der Waals surface area contributed by atoms with Crippen molar-refractivity contribution in [3.05, 3.63) is 57.6 Å². The Morgan fingerprint density at radius 3 is 2.70 bits per heavy atom. The van der Waals surface area contributed by atoms with Crippen LogP contribution in [0.2, 0.25) is 0 Å². The van der Waals surface area contributed by atoms with Crippen molar-refractivity contribution in [1.82, 2.24) is 0 Å². The van der Waals surface area contributed by atoms with Crippen LogP contribution in [-0.2, 0) is 10.6 Å². The second-order valence-electron chi connectivity index (χ2n) is 4.44. The van der Waals surface area contributed by atoms with Gasteiger partial charge in [0.15, 0.2) is 0 Å². The highest BCUT2D eigenvalue weighted by molar-refractivity contribution is 7.99. The molecular weight excluding hydrogens is 342 g/mol. The van der Waals surface area contributed by atoms with Gasteiger partial charge >= 0.3 is 5.97 Å². The molecule has 23 heavy (non-hydrogen) atoms. The van der Waals surface area contributed by atoms with Crippen LogP contribution in [0.4, 0.5) is 5.69 Å². The first kappa shape index (κ1) is 17.1. The predicted molar refractivity (Wildman–Crippen MR) is 86.2 cm³/mol. The van der Waals surface area contributed by atoms with Crippen LogP contribution in [0.25, 0.3) is 0 Å². The fourth-order valence-electron chi connectivity index (χ4n) is 1.87. The van der Waals surface area contributed by atoms with E-state index in [1.54, 1.807) is 24.3 Å². The van der Waals surface area contributed by atoms with E-state index < -0.39 is 10.9 Å². The molecule has 2 aromatic rings. The highest BCUT2D eigenvalue weighted by Crippen LogP contribution is 2.40. The van der Waals surface area contributed by atoms with E-state index in [2.05, 4.69) is 4.74 Å². The number of esters is 1. The lowest BCUT2D eigenvalue weighted by Gasteiger charge is -2.09. The second kappa shape index (κ2) is 7.34. The Bertz CT molecular complexity index is 766. The van der Waals surface area contributed by atoms with Crippen LogP contribution in [0.15, 0.2) is 46.2 Å². The number of halogens is 1. The summed E-state index contributed by atoms with van der Waals surface area (Å²) < 4.78 is 4.58. The molecule has 0 atom stereocenters. The molecule has 0 spiro atoms. The average molecular weight is 354 g/mol. The number of methoxy groups -OCH3 is 1. The van der Waals surface area contributed by atoms with E-state index >= 15 is 0 Å². The SMILES string of the molecule is COC(=O)c1cccc(Sc2ccc(CCl)cc2[N+](=O)[O-])c1O. The van der Waals surface area contributed by atoms with Crippen LogP contribution in [-0.4, -0.2) is 23.1 Å². The van der Waals surface area contributed by atoms with Crippen LogP contribution >= 0.6 is 23.4 Å².